The Morgan fingerprint density at radius 1 is 0.397 bits per heavy atom. The quantitative estimate of drug-likeness (QED) is 0.170. The molecule has 0 amide bonds. The van der Waals surface area contributed by atoms with Crippen molar-refractivity contribution in [2.24, 2.45) is 0 Å². The summed E-state index contributed by atoms with van der Waals surface area (Å²) in [4.78, 5) is 2.41. The molecule has 0 radical (unpaired) electrons. The molecule has 4 heteroatoms. The van der Waals surface area contributed by atoms with E-state index in [1.165, 1.54) is 10.8 Å². The molecule has 0 unspecified atom stereocenters. The molecule has 0 saturated heterocycles. The Hall–Kier alpha value is -7.82. The molecule has 9 aromatic carbocycles. The van der Waals surface area contributed by atoms with Crippen LogP contribution in [0.1, 0.15) is 0 Å². The van der Waals surface area contributed by atoms with E-state index in [1.54, 1.807) is 0 Å². The molecule has 2 aromatic heterocycles. The van der Waals surface area contributed by atoms with Crippen LogP contribution in [-0.4, -0.2) is 4.57 Å². The first-order valence-electron chi connectivity index (χ1n) is 19.7. The van der Waals surface area contributed by atoms with Gasteiger partial charge in [0.2, 0.25) is 0 Å². The van der Waals surface area contributed by atoms with Crippen LogP contribution in [0.4, 0.5) is 17.1 Å². The van der Waals surface area contributed by atoms with Crippen molar-refractivity contribution in [1.29, 1.82) is 0 Å². The van der Waals surface area contributed by atoms with E-state index < -0.39 is 0 Å². The summed E-state index contributed by atoms with van der Waals surface area (Å²) in [5.74, 6) is 1.74. The van der Waals surface area contributed by atoms with Crippen LogP contribution in [0.5, 0.6) is 11.5 Å². The van der Waals surface area contributed by atoms with E-state index >= 15 is 0 Å². The van der Waals surface area contributed by atoms with E-state index in [1.807, 2.05) is 24.3 Å². The maximum Gasteiger partial charge on any atom is 0.152 e. The Morgan fingerprint density at radius 2 is 1.00 bits per heavy atom. The second-order valence-corrected chi connectivity index (χ2v) is 14.9. The highest BCUT2D eigenvalue weighted by Gasteiger charge is 2.25. The molecule has 1 aliphatic heterocycles. The highest BCUT2D eigenvalue weighted by Crippen LogP contribution is 2.49. The van der Waals surface area contributed by atoms with Crippen molar-refractivity contribution in [2.45, 2.75) is 0 Å². The molecule has 0 N–H and O–H groups in total. The molecular formula is C54H34N2O2. The largest absolute Gasteiger partial charge is 0.455 e. The Bertz CT molecular complexity index is 3380. The summed E-state index contributed by atoms with van der Waals surface area (Å²) in [5, 5.41) is 4.61. The van der Waals surface area contributed by atoms with Gasteiger partial charge in [-0.3, -0.25) is 0 Å². The second kappa shape index (κ2) is 12.9. The molecule has 272 valence electrons. The lowest BCUT2D eigenvalue weighted by atomic mass is 9.97. The van der Waals surface area contributed by atoms with Gasteiger partial charge in [-0.25, -0.2) is 0 Å². The smallest absolute Gasteiger partial charge is 0.152 e. The number of ether oxygens (including phenoxy) is 1. The van der Waals surface area contributed by atoms with Gasteiger partial charge in [0.25, 0.3) is 0 Å². The molecule has 0 atom stereocenters. The van der Waals surface area contributed by atoms with Gasteiger partial charge in [0.15, 0.2) is 11.5 Å². The number of hydrogen-bond donors (Lipinski definition) is 0. The molecule has 0 spiro atoms. The van der Waals surface area contributed by atoms with Crippen LogP contribution >= 0.6 is 0 Å². The predicted octanol–water partition coefficient (Wildman–Crippen LogP) is 15.3. The van der Waals surface area contributed by atoms with Crippen molar-refractivity contribution in [3.63, 3.8) is 0 Å². The van der Waals surface area contributed by atoms with Crippen LogP contribution in [0, 0.1) is 0 Å². The summed E-state index contributed by atoms with van der Waals surface area (Å²) < 4.78 is 15.2. The van der Waals surface area contributed by atoms with Gasteiger partial charge in [0.05, 0.1) is 28.1 Å². The van der Waals surface area contributed by atoms with E-state index in [9.17, 15) is 0 Å². The standard InChI is InChI=1S/C54H34N2O2/c1-2-14-35(15-3-1)39-16-4-7-22-46(39)55(38-31-28-36(29-32-38)41-19-12-21-44-42-18-6-10-25-50(42)58-54(41)44)47-23-8-5-17-40(47)37-30-33-48-45(34-37)43-20-13-27-52-53(43)56(48)49-24-9-11-26-51(49)57-52/h1-34H. The number of aromatic nitrogens is 1. The molecule has 12 rings (SSSR count). The van der Waals surface area contributed by atoms with E-state index in [4.69, 9.17) is 9.15 Å². The van der Waals surface area contributed by atoms with Gasteiger partial charge in [-0.2, -0.15) is 0 Å². The molecule has 58 heavy (non-hydrogen) atoms. The lowest BCUT2D eigenvalue weighted by Crippen LogP contribution is -2.12. The summed E-state index contributed by atoms with van der Waals surface area (Å²) in [6.45, 7) is 0. The van der Waals surface area contributed by atoms with Crippen LogP contribution in [0.15, 0.2) is 211 Å². The topological polar surface area (TPSA) is 30.5 Å². The van der Waals surface area contributed by atoms with Gasteiger partial charge < -0.3 is 18.6 Å². The minimum absolute atomic E-state index is 0.863. The van der Waals surface area contributed by atoms with Gasteiger partial charge in [0, 0.05) is 43.9 Å². The van der Waals surface area contributed by atoms with Gasteiger partial charge in [-0.05, 0) is 77.4 Å². The summed E-state index contributed by atoms with van der Waals surface area (Å²) in [7, 11) is 0. The molecule has 1 aliphatic rings. The van der Waals surface area contributed by atoms with Crippen molar-refractivity contribution in [1.82, 2.24) is 4.57 Å². The van der Waals surface area contributed by atoms with Crippen LogP contribution in [0.3, 0.4) is 0 Å². The molecule has 0 fully saturated rings. The first kappa shape index (κ1) is 32.4. The molecule has 4 nitrogen and oxygen atoms in total. The van der Waals surface area contributed by atoms with Crippen LogP contribution < -0.4 is 9.64 Å². The highest BCUT2D eigenvalue weighted by molar-refractivity contribution is 6.14. The third-order valence-electron chi connectivity index (χ3n) is 11.6. The van der Waals surface area contributed by atoms with Gasteiger partial charge in [-0.15, -0.1) is 0 Å². The number of para-hydroxylation sites is 7. The van der Waals surface area contributed by atoms with Gasteiger partial charge >= 0.3 is 0 Å². The van der Waals surface area contributed by atoms with E-state index in [0.29, 0.717) is 0 Å². The average Bonchev–Trinajstić information content (AvgIpc) is 3.84. The number of fused-ring (bicyclic) bond motifs is 8. The molecule has 0 bridgehead atoms. The fraction of sp³-hybridized carbons (Fsp3) is 0. The Balaban J connectivity index is 1.05. The molecule has 0 aliphatic carbocycles. The Kier molecular flexibility index (Phi) is 7.20. The number of nitrogens with zero attached hydrogens (tertiary/aromatic N) is 2. The first-order chi connectivity index (χ1) is 28.8. The second-order valence-electron chi connectivity index (χ2n) is 14.9. The third-order valence-corrected chi connectivity index (χ3v) is 11.6. The zero-order chi connectivity index (χ0) is 38.2. The maximum atomic E-state index is 6.46. The highest BCUT2D eigenvalue weighted by atomic mass is 16.5. The fourth-order valence-corrected chi connectivity index (χ4v) is 9.00. The molecule has 11 aromatic rings. The van der Waals surface area contributed by atoms with Crippen LogP contribution in [-0.2, 0) is 0 Å². The van der Waals surface area contributed by atoms with Crippen molar-refractivity contribution in [2.75, 3.05) is 4.90 Å². The molecule has 3 heterocycles. The fourth-order valence-electron chi connectivity index (χ4n) is 9.00. The minimum Gasteiger partial charge on any atom is -0.455 e. The number of rotatable bonds is 6. The molecule has 0 saturated carbocycles. The van der Waals surface area contributed by atoms with Crippen molar-refractivity contribution < 1.29 is 9.15 Å². The lowest BCUT2D eigenvalue weighted by Gasteiger charge is -2.30. The number of furan rings is 1. The van der Waals surface area contributed by atoms with Gasteiger partial charge in [0.1, 0.15) is 11.2 Å². The van der Waals surface area contributed by atoms with Crippen molar-refractivity contribution >= 4 is 60.8 Å². The normalized spacial score (nSPS) is 11.9. The first-order valence-corrected chi connectivity index (χ1v) is 19.7. The number of benzene rings is 9. The van der Waals surface area contributed by atoms with Crippen LogP contribution in [0.25, 0.3) is 82.8 Å². The van der Waals surface area contributed by atoms with Crippen LogP contribution in [0.2, 0.25) is 0 Å². The third kappa shape index (κ3) is 4.95. The SMILES string of the molecule is c1ccc(-c2ccccc2N(c2ccc(-c3cccc4c3oc3ccccc34)cc2)c2ccccc2-c2ccc3c(c2)c2cccc4c2n3-c2ccccc2O4)cc1. The summed E-state index contributed by atoms with van der Waals surface area (Å²) in [6, 6.07) is 73.3. The molecular weight excluding hydrogens is 709 g/mol. The number of anilines is 3. The summed E-state index contributed by atoms with van der Waals surface area (Å²) in [6.07, 6.45) is 0. The summed E-state index contributed by atoms with van der Waals surface area (Å²) in [5.41, 5.74) is 15.1. The monoisotopic (exact) mass is 742 g/mol. The average molecular weight is 743 g/mol. The van der Waals surface area contributed by atoms with E-state index in [-0.39, 0.29) is 0 Å². The zero-order valence-electron chi connectivity index (χ0n) is 31.3. The number of hydrogen-bond acceptors (Lipinski definition) is 3. The lowest BCUT2D eigenvalue weighted by molar-refractivity contribution is 0.476. The Morgan fingerprint density at radius 3 is 1.84 bits per heavy atom. The minimum atomic E-state index is 0.863. The summed E-state index contributed by atoms with van der Waals surface area (Å²) >= 11 is 0. The van der Waals surface area contributed by atoms with Crippen molar-refractivity contribution in [3.05, 3.63) is 206 Å². The van der Waals surface area contributed by atoms with Gasteiger partial charge in [-0.1, -0.05) is 146 Å². The maximum absolute atomic E-state index is 6.46. The van der Waals surface area contributed by atoms with E-state index in [2.05, 4.69) is 191 Å². The predicted molar refractivity (Wildman–Crippen MR) is 239 cm³/mol. The van der Waals surface area contributed by atoms with E-state index in [0.717, 1.165) is 101 Å². The Labute approximate surface area is 335 Å². The van der Waals surface area contributed by atoms with Crippen molar-refractivity contribution in [3.8, 4) is 50.6 Å². The zero-order valence-corrected chi connectivity index (χ0v) is 31.3.